The predicted molar refractivity (Wildman–Crippen MR) is 403 cm³/mol. The van der Waals surface area contributed by atoms with Gasteiger partial charge in [0.15, 0.2) is 17.5 Å². The second kappa shape index (κ2) is 36.6. The number of fused-ring (bicyclic) bond motifs is 5. The minimum absolute atomic E-state index is 0.0410. The first kappa shape index (κ1) is 74.1. The number of benzene rings is 3. The SMILES string of the molecule is CC(=O)O.CC(CCCc1nc2c(NCc3ncccc3F)ncnc2s1)CC(=O)Nc1ccccc1N.CC(CCCc1nc2c(NCc3ncccc3F)ncnc2s1)Cc1nc2ccccc2[nH]1.CC(Cc1nc2ccccc2[nH]1)NCCc1nc2c(NCc3ncccc3F)ncnc2s1. The second-order valence-corrected chi connectivity index (χ2v) is 27.8. The quantitative estimate of drug-likeness (QED) is 0.0206. The zero-order chi connectivity index (χ0) is 72.7. The number of thiazole rings is 3. The minimum Gasteiger partial charge on any atom is -0.481 e. The van der Waals surface area contributed by atoms with Gasteiger partial charge in [0, 0.05) is 63.8 Å². The van der Waals surface area contributed by atoms with Gasteiger partial charge in [-0.3, -0.25) is 24.5 Å². The molecule has 25 nitrogen and oxygen atoms in total. The molecule has 10 N–H and O–H groups in total. The lowest BCUT2D eigenvalue weighted by Crippen LogP contribution is -2.30. The van der Waals surface area contributed by atoms with E-state index in [2.05, 4.69) is 118 Å². The number of para-hydroxylation sites is 6. The van der Waals surface area contributed by atoms with Crippen molar-refractivity contribution in [2.45, 2.75) is 118 Å². The van der Waals surface area contributed by atoms with Gasteiger partial charge in [0.05, 0.1) is 85.2 Å². The molecule has 1 amide bonds. The fourth-order valence-electron chi connectivity index (χ4n) is 11.1. The molecular weight excluding hydrogens is 1390 g/mol. The van der Waals surface area contributed by atoms with Gasteiger partial charge >= 0.3 is 0 Å². The number of hydrogen-bond acceptors (Lipinski definition) is 24. The molecule has 0 aliphatic carbocycles. The van der Waals surface area contributed by atoms with Crippen molar-refractivity contribution >= 4 is 128 Å². The van der Waals surface area contributed by atoms with E-state index < -0.39 is 5.97 Å². The van der Waals surface area contributed by atoms with E-state index in [-0.39, 0.29) is 55.0 Å². The van der Waals surface area contributed by atoms with Gasteiger partial charge in [-0.2, -0.15) is 0 Å². The van der Waals surface area contributed by atoms with Crippen molar-refractivity contribution in [2.75, 3.05) is 33.5 Å². The number of carboxylic acid groups (broad SMARTS) is 1. The standard InChI is InChI=1S/C24H26FN7OS.C24H24FN7S.C23H23FN8S.C2H4O2/c1-15(12-20(33)31-18-9-3-2-8-17(18)26)6-4-10-21-32-22-23(29-14-30-24(22)34-21)28-13-19-16(25)7-5-11-27-19;1-15(12-20-30-17-8-2-3-9-18(17)31-20)6-4-10-21-32-22-23(28-14-29-24(22)33-21)27-13-19-16(25)7-5-11-26-19;1-14(11-19-30-16-6-2-3-7-17(16)31-19)25-10-8-20-32-21-22(28-13-29-23(21)33-20)27-12-18-15(24)5-4-9-26-18;1-2(3)4/h2-3,5,7-9,11,14-15H,4,6,10,12-13,26H2,1H3,(H,31,33)(H,28,29,30);2-3,5,7-9,11,14-15H,4,6,10,12-13H2,1H3,(H,30,31)(H,27,28,29);2-7,9,13-14,25H,8,10-12H2,1H3,(H,30,31)(H,27,28,29);1H3,(H,3,4). The van der Waals surface area contributed by atoms with Gasteiger partial charge in [0.2, 0.25) is 5.91 Å². The van der Waals surface area contributed by atoms with Crippen LogP contribution < -0.4 is 32.3 Å². The van der Waals surface area contributed by atoms with Crippen molar-refractivity contribution in [1.82, 2.24) is 85.1 Å². The molecule has 31 heteroatoms. The van der Waals surface area contributed by atoms with Crippen LogP contribution in [0.25, 0.3) is 53.1 Å². The molecule has 0 saturated carbocycles. The molecule has 0 aliphatic rings. The summed E-state index contributed by atoms with van der Waals surface area (Å²) in [4.78, 5) is 92.1. The van der Waals surface area contributed by atoms with E-state index in [9.17, 15) is 18.0 Å². The number of amides is 1. The van der Waals surface area contributed by atoms with Crippen LogP contribution in [0.2, 0.25) is 0 Å². The summed E-state index contributed by atoms with van der Waals surface area (Å²) in [5.74, 6) is 2.57. The Bertz CT molecular complexity index is 4870. The number of nitrogens with zero attached hydrogens (tertiary/aromatic N) is 14. The number of halogens is 3. The van der Waals surface area contributed by atoms with Crippen LogP contribution in [0.1, 0.15) is 104 Å². The lowest BCUT2D eigenvalue weighted by atomic mass is 10.00. The fraction of sp³-hybridized carbons (Fsp3) is 0.288. The number of carbonyl (C=O) groups is 2. The van der Waals surface area contributed by atoms with Crippen molar-refractivity contribution in [3.8, 4) is 0 Å². The average molecular weight is 1460 g/mol. The third-order valence-corrected chi connectivity index (χ3v) is 19.3. The molecule has 0 radical (unpaired) electrons. The zero-order valence-corrected chi connectivity index (χ0v) is 59.9. The van der Waals surface area contributed by atoms with Gasteiger partial charge in [-0.1, -0.05) is 84.3 Å². The van der Waals surface area contributed by atoms with Gasteiger partial charge in [-0.15, -0.1) is 0 Å². The fourth-order valence-corrected chi connectivity index (χ4v) is 13.9. The second-order valence-electron chi connectivity index (χ2n) is 24.6. The number of imidazole rings is 2. The largest absolute Gasteiger partial charge is 0.481 e. The summed E-state index contributed by atoms with van der Waals surface area (Å²) in [5.41, 5.74) is 14.3. The number of carboxylic acids is 1. The lowest BCUT2D eigenvalue weighted by molar-refractivity contribution is -0.134. The third kappa shape index (κ3) is 21.2. The topological polar surface area (TPSA) is 353 Å². The third-order valence-electron chi connectivity index (χ3n) is 16.2. The number of pyridine rings is 3. The smallest absolute Gasteiger partial charge is 0.300 e. The number of anilines is 5. The van der Waals surface area contributed by atoms with E-state index in [1.54, 1.807) is 71.6 Å². The van der Waals surface area contributed by atoms with Crippen molar-refractivity contribution < 1.29 is 27.9 Å². The van der Waals surface area contributed by atoms with E-state index in [1.165, 1.54) is 48.5 Å². The molecule has 3 atom stereocenters. The number of rotatable bonds is 28. The Morgan fingerprint density at radius 3 is 1.37 bits per heavy atom. The number of nitrogens with two attached hydrogens (primary N) is 1. The summed E-state index contributed by atoms with van der Waals surface area (Å²) in [6.45, 7) is 9.02. The van der Waals surface area contributed by atoms with Crippen molar-refractivity contribution in [2.24, 2.45) is 11.8 Å². The van der Waals surface area contributed by atoms with Crippen LogP contribution in [0.5, 0.6) is 0 Å². The molecule has 3 aromatic carbocycles. The number of aromatic amines is 2. The average Bonchev–Trinajstić information content (AvgIpc) is 1.69. The summed E-state index contributed by atoms with van der Waals surface area (Å²) in [7, 11) is 0. The maximum Gasteiger partial charge on any atom is 0.300 e. The van der Waals surface area contributed by atoms with Crippen molar-refractivity contribution in [3.63, 3.8) is 0 Å². The Hall–Kier alpha value is -11.2. The summed E-state index contributed by atoms with van der Waals surface area (Å²) >= 11 is 4.65. The first-order valence-corrected chi connectivity index (χ1v) is 36.2. The number of nitrogens with one attached hydrogen (secondary N) is 7. The Balaban J connectivity index is 0.000000152. The number of aliphatic carboxylic acids is 1. The van der Waals surface area contributed by atoms with Gasteiger partial charge in [-0.05, 0) is 130 Å². The molecule has 14 aromatic rings. The molecular formula is C73H77F3N22O3S3. The van der Waals surface area contributed by atoms with Crippen LogP contribution in [0, 0.1) is 29.3 Å². The van der Waals surface area contributed by atoms with E-state index >= 15 is 0 Å². The van der Waals surface area contributed by atoms with Crippen LogP contribution >= 0.6 is 34.0 Å². The van der Waals surface area contributed by atoms with Crippen LogP contribution in [0.4, 0.5) is 42.0 Å². The number of aryl methyl sites for hydroxylation is 2. The number of H-pyrrole nitrogens is 2. The molecule has 14 rings (SSSR count). The van der Waals surface area contributed by atoms with E-state index in [0.29, 0.717) is 69.3 Å². The Kier molecular flexibility index (Phi) is 26.1. The van der Waals surface area contributed by atoms with Crippen LogP contribution in [0.15, 0.2) is 147 Å². The van der Waals surface area contributed by atoms with E-state index in [4.69, 9.17) is 30.6 Å². The molecule has 0 fully saturated rings. The highest BCUT2D eigenvalue weighted by Gasteiger charge is 2.19. The zero-order valence-electron chi connectivity index (χ0n) is 57.4. The summed E-state index contributed by atoms with van der Waals surface area (Å²) in [6.07, 6.45) is 17.7. The maximum absolute atomic E-state index is 13.9. The van der Waals surface area contributed by atoms with Gasteiger partial charge in [-0.25, -0.2) is 68.0 Å². The molecule has 0 saturated heterocycles. The highest BCUT2D eigenvalue weighted by molar-refractivity contribution is 7.18. The first-order valence-electron chi connectivity index (χ1n) is 33.8. The summed E-state index contributed by atoms with van der Waals surface area (Å²) < 4.78 is 41.5. The van der Waals surface area contributed by atoms with Crippen molar-refractivity contribution in [3.05, 3.63) is 208 Å². The highest BCUT2D eigenvalue weighted by atomic mass is 32.1. The minimum atomic E-state index is -0.833. The van der Waals surface area contributed by atoms with Crippen LogP contribution in [-0.2, 0) is 61.3 Å². The van der Waals surface area contributed by atoms with Crippen LogP contribution in [-0.4, -0.2) is 109 Å². The molecule has 0 bridgehead atoms. The Labute approximate surface area is 608 Å². The highest BCUT2D eigenvalue weighted by Crippen LogP contribution is 2.30. The molecule has 0 aliphatic heterocycles. The molecule has 0 spiro atoms. The maximum atomic E-state index is 13.9. The molecule has 104 heavy (non-hydrogen) atoms. The van der Waals surface area contributed by atoms with Gasteiger partial charge in [0.1, 0.15) is 79.1 Å². The normalized spacial score (nSPS) is 12.0. The number of nitrogen functional groups attached to an aromatic ring is 1. The predicted octanol–water partition coefficient (Wildman–Crippen LogP) is 14.1. The summed E-state index contributed by atoms with van der Waals surface area (Å²) in [6, 6.07) is 32.5. The Morgan fingerprint density at radius 1 is 0.510 bits per heavy atom. The lowest BCUT2D eigenvalue weighted by Gasteiger charge is -2.12. The first-order chi connectivity index (χ1) is 50.5. The number of aromatic nitrogens is 16. The molecule has 11 heterocycles. The molecule has 3 unspecified atom stereocenters. The van der Waals surface area contributed by atoms with E-state index in [1.807, 2.05) is 54.6 Å². The number of hydrogen-bond donors (Lipinski definition) is 9. The van der Waals surface area contributed by atoms with Gasteiger partial charge < -0.3 is 47.4 Å². The number of carbonyl (C=O) groups excluding carboxylic acids is 1. The van der Waals surface area contributed by atoms with Crippen LogP contribution in [0.3, 0.4) is 0 Å². The van der Waals surface area contributed by atoms with Gasteiger partial charge in [0.25, 0.3) is 5.97 Å². The summed E-state index contributed by atoms with van der Waals surface area (Å²) in [5, 5.41) is 26.2. The molecule has 11 aromatic heterocycles. The van der Waals surface area contributed by atoms with E-state index in [0.717, 1.165) is 140 Å². The monoisotopic (exact) mass is 1460 g/mol. The van der Waals surface area contributed by atoms with Crippen molar-refractivity contribution in [1.29, 1.82) is 0 Å². The Morgan fingerprint density at radius 2 is 0.923 bits per heavy atom. The molecule has 536 valence electrons.